The van der Waals surface area contributed by atoms with Gasteiger partial charge in [0.2, 0.25) is 0 Å². The topological polar surface area (TPSA) is 134 Å². The summed E-state index contributed by atoms with van der Waals surface area (Å²) in [5.74, 6) is -0.648. The molecule has 0 spiro atoms. The monoisotopic (exact) mass is 543 g/mol. The van der Waals surface area contributed by atoms with Crippen LogP contribution in [-0.2, 0) is 17.8 Å². The second-order valence-corrected chi connectivity index (χ2v) is 12.1. The van der Waals surface area contributed by atoms with Crippen LogP contribution in [0.4, 0.5) is 0 Å². The first-order chi connectivity index (χ1) is 18.1. The third-order valence-corrected chi connectivity index (χ3v) is 8.90. The summed E-state index contributed by atoms with van der Waals surface area (Å²) in [4.78, 5) is 16.1. The van der Waals surface area contributed by atoms with E-state index >= 15 is 0 Å². The van der Waals surface area contributed by atoms with Gasteiger partial charge in [0.25, 0.3) is 0 Å². The lowest BCUT2D eigenvalue weighted by Crippen LogP contribution is -2.34. The Labute approximate surface area is 225 Å². The Hall–Kier alpha value is -2.99. The molecule has 0 saturated carbocycles. The number of aryl methyl sites for hydroxylation is 2. The molecule has 1 aliphatic rings. The number of fused-ring (bicyclic) bond motifs is 1. The smallest absolute Gasteiger partial charge is 0.303 e. The lowest BCUT2D eigenvalue weighted by molar-refractivity contribution is -0.137. The van der Waals surface area contributed by atoms with Gasteiger partial charge in [-0.3, -0.25) is 18.9 Å². The minimum Gasteiger partial charge on any atom is -0.487 e. The van der Waals surface area contributed by atoms with Crippen molar-refractivity contribution in [2.75, 3.05) is 6.54 Å². The van der Waals surface area contributed by atoms with Crippen LogP contribution >= 0.6 is 10.8 Å². The van der Waals surface area contributed by atoms with Crippen molar-refractivity contribution < 1.29 is 23.7 Å². The molecule has 2 aromatic heterocycles. The number of carboxylic acids is 1. The van der Waals surface area contributed by atoms with E-state index in [1.165, 1.54) is 6.20 Å². The largest absolute Gasteiger partial charge is 0.487 e. The summed E-state index contributed by atoms with van der Waals surface area (Å²) in [5.41, 5.74) is 3.63. The molecule has 1 aromatic carbocycles. The summed E-state index contributed by atoms with van der Waals surface area (Å²) in [7, 11) is -3.35. The standard InChI is InChI=1S/C27H37N5O5S/c1-5-24-17-31(38(35,36)26-14-28-11-10-25(26)37-24)15-22-12-20(7-6-19(22)4)21(13-27(33)34)8-9-23-16-32(18(2)3)30-29-23/h6-7,10-12,14,16,18,21,24,35-36H,5,8-9,13,15,17H2,1-4H3,(H,33,34)/t21?,24-/m1/s1. The first-order valence-corrected chi connectivity index (χ1v) is 14.4. The second-order valence-electron chi connectivity index (χ2n) is 10.1. The molecule has 1 unspecified atom stereocenters. The Kier molecular flexibility index (Phi) is 8.71. The van der Waals surface area contributed by atoms with Crippen LogP contribution in [0.3, 0.4) is 0 Å². The van der Waals surface area contributed by atoms with E-state index in [0.717, 1.165) is 22.4 Å². The predicted molar refractivity (Wildman–Crippen MR) is 145 cm³/mol. The van der Waals surface area contributed by atoms with E-state index < -0.39 is 16.7 Å². The van der Waals surface area contributed by atoms with Crippen molar-refractivity contribution in [2.45, 2.75) is 82.9 Å². The van der Waals surface area contributed by atoms with Crippen LogP contribution in [0, 0.1) is 6.92 Å². The SMILES string of the molecule is CC[C@@H]1CN(Cc2cc(C(CCc3cn(C(C)C)nn3)CC(=O)O)ccc2C)S(O)(O)c2cnccc2O1. The Morgan fingerprint density at radius 2 is 2.05 bits per heavy atom. The van der Waals surface area contributed by atoms with E-state index in [0.29, 0.717) is 31.6 Å². The number of pyridine rings is 1. The highest BCUT2D eigenvalue weighted by Gasteiger charge is 2.35. The molecule has 2 atom stereocenters. The number of aliphatic carboxylic acids is 1. The van der Waals surface area contributed by atoms with Gasteiger partial charge in [-0.1, -0.05) is 30.3 Å². The van der Waals surface area contributed by atoms with Crippen LogP contribution in [0.2, 0.25) is 0 Å². The highest BCUT2D eigenvalue weighted by Crippen LogP contribution is 2.57. The summed E-state index contributed by atoms with van der Waals surface area (Å²) >= 11 is 0. The van der Waals surface area contributed by atoms with Crippen LogP contribution in [-0.4, -0.2) is 57.1 Å². The summed E-state index contributed by atoms with van der Waals surface area (Å²) in [6.07, 6.45) is 6.64. The van der Waals surface area contributed by atoms with Crippen molar-refractivity contribution in [3.63, 3.8) is 0 Å². The maximum Gasteiger partial charge on any atom is 0.303 e. The number of carbonyl (C=O) groups is 1. The average molecular weight is 544 g/mol. The Morgan fingerprint density at radius 3 is 2.74 bits per heavy atom. The number of hydrogen-bond acceptors (Lipinski definition) is 8. The van der Waals surface area contributed by atoms with Gasteiger partial charge in [-0.25, -0.2) is 4.68 Å². The molecular weight excluding hydrogens is 506 g/mol. The van der Waals surface area contributed by atoms with Gasteiger partial charge in [0.15, 0.2) is 0 Å². The molecule has 0 saturated heterocycles. The molecule has 3 heterocycles. The zero-order chi connectivity index (χ0) is 27.4. The average Bonchev–Trinajstić information content (AvgIpc) is 3.32. The molecule has 206 valence electrons. The van der Waals surface area contributed by atoms with Crippen LogP contribution in [0.15, 0.2) is 47.8 Å². The molecule has 0 amide bonds. The molecule has 11 heteroatoms. The second kappa shape index (κ2) is 11.8. The molecule has 3 aromatic rings. The number of nitrogens with zero attached hydrogens (tertiary/aromatic N) is 5. The number of carboxylic acid groups (broad SMARTS) is 1. The van der Waals surface area contributed by atoms with E-state index in [2.05, 4.69) is 15.3 Å². The van der Waals surface area contributed by atoms with Gasteiger partial charge in [0.05, 0.1) is 24.9 Å². The zero-order valence-corrected chi connectivity index (χ0v) is 23.1. The fraction of sp³-hybridized carbons (Fsp3) is 0.481. The first kappa shape index (κ1) is 28.0. The predicted octanol–water partition coefficient (Wildman–Crippen LogP) is 5.45. The van der Waals surface area contributed by atoms with Crippen LogP contribution in [0.1, 0.15) is 74.4 Å². The minimum absolute atomic E-state index is 0.00941. The summed E-state index contributed by atoms with van der Waals surface area (Å²) < 4.78 is 32.2. The van der Waals surface area contributed by atoms with Crippen molar-refractivity contribution in [3.05, 3.63) is 65.2 Å². The van der Waals surface area contributed by atoms with Gasteiger partial charge in [0, 0.05) is 31.0 Å². The molecule has 10 nitrogen and oxygen atoms in total. The highest BCUT2D eigenvalue weighted by molar-refractivity contribution is 8.22. The van der Waals surface area contributed by atoms with Gasteiger partial charge >= 0.3 is 5.97 Å². The molecule has 0 aliphatic carbocycles. The van der Waals surface area contributed by atoms with Crippen molar-refractivity contribution in [2.24, 2.45) is 0 Å². The lowest BCUT2D eigenvalue weighted by Gasteiger charge is -2.41. The highest BCUT2D eigenvalue weighted by atomic mass is 32.3. The fourth-order valence-corrected chi connectivity index (χ4v) is 6.19. The van der Waals surface area contributed by atoms with E-state index in [4.69, 9.17) is 4.74 Å². The molecule has 0 bridgehead atoms. The van der Waals surface area contributed by atoms with Gasteiger partial charge < -0.3 is 9.84 Å². The molecule has 38 heavy (non-hydrogen) atoms. The van der Waals surface area contributed by atoms with Crippen LogP contribution < -0.4 is 4.74 Å². The van der Waals surface area contributed by atoms with E-state index in [9.17, 15) is 19.0 Å². The maximum atomic E-state index is 11.7. The van der Waals surface area contributed by atoms with Gasteiger partial charge in [0.1, 0.15) is 16.7 Å². The van der Waals surface area contributed by atoms with E-state index in [-0.39, 0.29) is 35.9 Å². The number of aromatic nitrogens is 4. The summed E-state index contributed by atoms with van der Waals surface area (Å²) in [6.45, 7) is 8.65. The molecule has 3 N–H and O–H groups in total. The van der Waals surface area contributed by atoms with Gasteiger partial charge in [-0.15, -0.1) is 15.9 Å². The molecule has 1 aliphatic heterocycles. The number of benzene rings is 1. The van der Waals surface area contributed by atoms with Gasteiger partial charge in [-0.05, 0) is 62.6 Å². The third-order valence-electron chi connectivity index (χ3n) is 7.01. The Morgan fingerprint density at radius 1 is 1.26 bits per heavy atom. The molecule has 0 fully saturated rings. The van der Waals surface area contributed by atoms with Crippen molar-refractivity contribution in [1.29, 1.82) is 0 Å². The number of rotatable bonds is 10. The Balaban J connectivity index is 1.60. The maximum absolute atomic E-state index is 11.7. The van der Waals surface area contributed by atoms with Crippen LogP contribution in [0.25, 0.3) is 0 Å². The number of hydrogen-bond donors (Lipinski definition) is 3. The van der Waals surface area contributed by atoms with E-state index in [1.807, 2.05) is 52.1 Å². The quantitative estimate of drug-likeness (QED) is 0.305. The molecular formula is C27H37N5O5S. The van der Waals surface area contributed by atoms with E-state index in [1.54, 1.807) is 21.3 Å². The van der Waals surface area contributed by atoms with Crippen molar-refractivity contribution in [1.82, 2.24) is 24.3 Å². The van der Waals surface area contributed by atoms with Gasteiger partial charge in [-0.2, -0.15) is 4.31 Å². The fourth-order valence-electron chi connectivity index (χ4n) is 4.63. The summed E-state index contributed by atoms with van der Waals surface area (Å²) in [5, 5.41) is 18.0. The molecule has 0 radical (unpaired) electrons. The lowest BCUT2D eigenvalue weighted by atomic mass is 9.88. The summed E-state index contributed by atoms with van der Waals surface area (Å²) in [6, 6.07) is 7.81. The minimum atomic E-state index is -3.35. The third kappa shape index (κ3) is 6.35. The normalized spacial score (nSPS) is 18.9. The Bertz CT molecular complexity index is 1260. The number of ether oxygens (including phenoxy) is 1. The van der Waals surface area contributed by atoms with Crippen molar-refractivity contribution in [3.8, 4) is 5.75 Å². The molecule has 4 rings (SSSR count). The van der Waals surface area contributed by atoms with Crippen molar-refractivity contribution >= 4 is 16.7 Å². The zero-order valence-electron chi connectivity index (χ0n) is 22.3. The first-order valence-electron chi connectivity index (χ1n) is 12.9. The van der Waals surface area contributed by atoms with Crippen LogP contribution in [0.5, 0.6) is 5.75 Å².